The Bertz CT molecular complexity index is 1240. The summed E-state index contributed by atoms with van der Waals surface area (Å²) in [5.74, 6) is 0.972. The highest BCUT2D eigenvalue weighted by Crippen LogP contribution is 2.37. The number of carbonyl (C=O) groups excluding carboxylic acids is 1. The minimum Gasteiger partial charge on any atom is -0.505 e. The summed E-state index contributed by atoms with van der Waals surface area (Å²) in [6.07, 6.45) is 1.85. The van der Waals surface area contributed by atoms with Crippen molar-refractivity contribution in [2.45, 2.75) is 12.5 Å². The number of rotatable bonds is 7. The molecule has 0 unspecified atom stereocenters. The zero-order valence-electron chi connectivity index (χ0n) is 17.9. The number of carbonyl (C=O) groups is 1. The molecule has 0 aliphatic carbocycles. The van der Waals surface area contributed by atoms with E-state index in [1.54, 1.807) is 32.5 Å². The van der Waals surface area contributed by atoms with Crippen molar-refractivity contribution in [3.8, 4) is 17.2 Å². The lowest BCUT2D eigenvalue weighted by Gasteiger charge is -2.22. The lowest BCUT2D eigenvalue weighted by atomic mass is 9.95. The van der Waals surface area contributed by atoms with Gasteiger partial charge in [0.1, 0.15) is 11.3 Å². The first kappa shape index (κ1) is 21.2. The fraction of sp³-hybridized carbons (Fsp3) is 0.154. The van der Waals surface area contributed by atoms with Crippen molar-refractivity contribution in [2.24, 2.45) is 0 Å². The van der Waals surface area contributed by atoms with E-state index in [0.717, 1.165) is 16.5 Å². The molecule has 6 nitrogen and oxygen atoms in total. The van der Waals surface area contributed by atoms with Gasteiger partial charge in [-0.15, -0.1) is 0 Å². The number of methoxy groups -OCH3 is 2. The summed E-state index contributed by atoms with van der Waals surface area (Å²) in [5.41, 5.74) is 2.67. The number of phenolic OH excluding ortho intramolecular Hbond substituents is 1. The molecule has 0 saturated carbocycles. The zero-order chi connectivity index (χ0) is 22.5. The van der Waals surface area contributed by atoms with Gasteiger partial charge in [0.15, 0.2) is 11.5 Å². The third kappa shape index (κ3) is 4.34. The van der Waals surface area contributed by atoms with Crippen LogP contribution in [0.2, 0.25) is 0 Å². The Hall–Kier alpha value is -4.06. The van der Waals surface area contributed by atoms with Crippen LogP contribution in [0.5, 0.6) is 17.2 Å². The maximum Gasteiger partial charge on any atom is 0.225 e. The quantitative estimate of drug-likeness (QED) is 0.456. The Labute approximate surface area is 186 Å². The van der Waals surface area contributed by atoms with Crippen molar-refractivity contribution in [2.75, 3.05) is 14.2 Å². The molecule has 0 bridgehead atoms. The van der Waals surface area contributed by atoms with Gasteiger partial charge in [-0.25, -0.2) is 0 Å². The number of phenols is 1. The van der Waals surface area contributed by atoms with Gasteiger partial charge < -0.3 is 19.9 Å². The molecule has 0 radical (unpaired) electrons. The smallest absolute Gasteiger partial charge is 0.225 e. The lowest BCUT2D eigenvalue weighted by molar-refractivity contribution is -0.120. The molecule has 0 aliphatic rings. The molecule has 6 heteroatoms. The second-order valence-corrected chi connectivity index (χ2v) is 7.36. The maximum atomic E-state index is 13.0. The van der Waals surface area contributed by atoms with Crippen LogP contribution in [0.15, 0.2) is 79.0 Å². The van der Waals surface area contributed by atoms with E-state index in [1.165, 1.54) is 0 Å². The van der Waals surface area contributed by atoms with Crippen LogP contribution in [0.3, 0.4) is 0 Å². The summed E-state index contributed by atoms with van der Waals surface area (Å²) in [6.45, 7) is 0. The molecule has 1 atom stereocenters. The lowest BCUT2D eigenvalue weighted by Crippen LogP contribution is -2.30. The predicted octanol–water partition coefficient (Wildman–Crippen LogP) is 4.41. The minimum absolute atomic E-state index is 0.0305. The Morgan fingerprint density at radius 3 is 2.50 bits per heavy atom. The van der Waals surface area contributed by atoms with Crippen LogP contribution in [0.1, 0.15) is 22.7 Å². The number of benzene rings is 3. The number of hydrogen-bond donors (Lipinski definition) is 2. The highest BCUT2D eigenvalue weighted by Gasteiger charge is 2.23. The maximum absolute atomic E-state index is 13.0. The Kier molecular flexibility index (Phi) is 6.22. The molecule has 32 heavy (non-hydrogen) atoms. The van der Waals surface area contributed by atoms with Gasteiger partial charge in [0, 0.05) is 17.1 Å². The minimum atomic E-state index is -0.613. The number of hydrogen-bond acceptors (Lipinski definition) is 5. The number of ether oxygens (including phenoxy) is 2. The average molecular weight is 428 g/mol. The molecule has 3 aromatic carbocycles. The molecule has 0 spiro atoms. The highest BCUT2D eigenvalue weighted by molar-refractivity contribution is 5.86. The van der Waals surface area contributed by atoms with Gasteiger partial charge in [-0.3, -0.25) is 9.78 Å². The molecule has 0 aliphatic heterocycles. The van der Waals surface area contributed by atoms with Gasteiger partial charge in [-0.1, -0.05) is 54.6 Å². The number of amides is 1. The Morgan fingerprint density at radius 1 is 0.969 bits per heavy atom. The van der Waals surface area contributed by atoms with Gasteiger partial charge in [0.25, 0.3) is 0 Å². The standard InChI is InChI=1S/C26H24N2O4/c1-31-21-13-11-19(16-22(21)32-2)24(28-23(29)15-17-7-4-3-5-8-17)20-12-10-18-9-6-14-27-25(18)26(20)30/h3-14,16,24,30H,15H2,1-2H3,(H,28,29)/t24-/m1/s1. The Morgan fingerprint density at radius 2 is 1.75 bits per heavy atom. The first-order valence-corrected chi connectivity index (χ1v) is 10.2. The van der Waals surface area contributed by atoms with E-state index in [9.17, 15) is 9.90 Å². The van der Waals surface area contributed by atoms with Crippen LogP contribution in [0, 0.1) is 0 Å². The molecule has 4 rings (SSSR count). The first-order chi connectivity index (χ1) is 15.6. The van der Waals surface area contributed by atoms with Crippen molar-refractivity contribution in [1.29, 1.82) is 0 Å². The molecule has 0 fully saturated rings. The van der Waals surface area contributed by atoms with Gasteiger partial charge in [0.2, 0.25) is 5.91 Å². The number of nitrogens with one attached hydrogen (secondary N) is 1. The molecule has 1 amide bonds. The molecule has 4 aromatic rings. The van der Waals surface area contributed by atoms with Gasteiger partial charge in [-0.2, -0.15) is 0 Å². The Balaban J connectivity index is 1.76. The fourth-order valence-corrected chi connectivity index (χ4v) is 3.74. The summed E-state index contributed by atoms with van der Waals surface area (Å²) >= 11 is 0. The van der Waals surface area contributed by atoms with Crippen molar-refractivity contribution < 1.29 is 19.4 Å². The van der Waals surface area contributed by atoms with Crippen molar-refractivity contribution >= 4 is 16.8 Å². The van der Waals surface area contributed by atoms with E-state index in [4.69, 9.17) is 9.47 Å². The third-order valence-electron chi connectivity index (χ3n) is 5.34. The summed E-state index contributed by atoms with van der Waals surface area (Å²) in [5, 5.41) is 14.9. The van der Waals surface area contributed by atoms with E-state index in [0.29, 0.717) is 22.6 Å². The molecule has 1 heterocycles. The molecular weight excluding hydrogens is 404 g/mol. The third-order valence-corrected chi connectivity index (χ3v) is 5.34. The molecule has 162 valence electrons. The van der Waals surface area contributed by atoms with Gasteiger partial charge >= 0.3 is 0 Å². The molecular formula is C26H24N2O4. The molecule has 1 aromatic heterocycles. The number of nitrogens with zero attached hydrogens (tertiary/aromatic N) is 1. The number of aromatic nitrogens is 1. The van der Waals surface area contributed by atoms with Crippen molar-refractivity contribution in [3.05, 3.63) is 95.7 Å². The second-order valence-electron chi connectivity index (χ2n) is 7.36. The van der Waals surface area contributed by atoms with Crippen LogP contribution in [0.4, 0.5) is 0 Å². The molecule has 2 N–H and O–H groups in total. The zero-order valence-corrected chi connectivity index (χ0v) is 17.9. The van der Waals surface area contributed by atoms with Crippen LogP contribution >= 0.6 is 0 Å². The largest absolute Gasteiger partial charge is 0.505 e. The van der Waals surface area contributed by atoms with Gasteiger partial charge in [-0.05, 0) is 29.3 Å². The molecule has 0 saturated heterocycles. The SMILES string of the molecule is COc1ccc([C@@H](NC(=O)Cc2ccccc2)c2ccc3cccnc3c2O)cc1OC. The van der Waals surface area contributed by atoms with E-state index in [2.05, 4.69) is 10.3 Å². The highest BCUT2D eigenvalue weighted by atomic mass is 16.5. The van der Waals surface area contributed by atoms with E-state index >= 15 is 0 Å². The van der Waals surface area contributed by atoms with E-state index < -0.39 is 6.04 Å². The number of aromatic hydroxyl groups is 1. The average Bonchev–Trinajstić information content (AvgIpc) is 2.83. The van der Waals surface area contributed by atoms with Crippen LogP contribution in [0.25, 0.3) is 10.9 Å². The van der Waals surface area contributed by atoms with Crippen LogP contribution in [-0.4, -0.2) is 30.2 Å². The predicted molar refractivity (Wildman–Crippen MR) is 123 cm³/mol. The fourth-order valence-electron chi connectivity index (χ4n) is 3.74. The second kappa shape index (κ2) is 9.39. The summed E-state index contributed by atoms with van der Waals surface area (Å²) < 4.78 is 10.8. The monoisotopic (exact) mass is 428 g/mol. The van der Waals surface area contributed by atoms with E-state index in [-0.39, 0.29) is 18.1 Å². The van der Waals surface area contributed by atoms with Crippen LogP contribution < -0.4 is 14.8 Å². The number of pyridine rings is 1. The summed E-state index contributed by atoms with van der Waals surface area (Å²) in [6, 6.07) is 21.7. The van der Waals surface area contributed by atoms with Gasteiger partial charge in [0.05, 0.1) is 26.7 Å². The normalized spacial score (nSPS) is 11.7. The summed E-state index contributed by atoms with van der Waals surface area (Å²) in [4.78, 5) is 17.3. The van der Waals surface area contributed by atoms with E-state index in [1.807, 2.05) is 60.7 Å². The number of fused-ring (bicyclic) bond motifs is 1. The topological polar surface area (TPSA) is 80.7 Å². The summed E-state index contributed by atoms with van der Waals surface area (Å²) in [7, 11) is 3.12. The first-order valence-electron chi connectivity index (χ1n) is 10.2. The van der Waals surface area contributed by atoms with Crippen molar-refractivity contribution in [1.82, 2.24) is 10.3 Å². The van der Waals surface area contributed by atoms with Crippen molar-refractivity contribution in [3.63, 3.8) is 0 Å². The van der Waals surface area contributed by atoms with Crippen LogP contribution in [-0.2, 0) is 11.2 Å².